The van der Waals surface area contributed by atoms with Gasteiger partial charge in [-0.2, -0.15) is 5.10 Å². The second kappa shape index (κ2) is 8.44. The highest BCUT2D eigenvalue weighted by Gasteiger charge is 2.10. The van der Waals surface area contributed by atoms with Crippen LogP contribution in [-0.2, 0) is 0 Å². The molecule has 3 aromatic carbocycles. The number of anilines is 1. The van der Waals surface area contributed by atoms with E-state index in [1.165, 1.54) is 30.3 Å². The predicted octanol–water partition coefficient (Wildman–Crippen LogP) is 3.41. The average Bonchev–Trinajstić information content (AvgIpc) is 2.70. The molecule has 0 saturated heterocycles. The summed E-state index contributed by atoms with van der Waals surface area (Å²) in [6, 6.07) is 22.0. The monoisotopic (exact) mass is 359 g/mol. The van der Waals surface area contributed by atoms with Crippen LogP contribution in [0.15, 0.2) is 84.0 Å². The van der Waals surface area contributed by atoms with E-state index in [1.807, 2.05) is 30.3 Å². The van der Waals surface area contributed by atoms with Crippen LogP contribution in [0.5, 0.6) is 5.75 Å². The molecule has 2 amide bonds. The first kappa shape index (κ1) is 17.9. The number of carbonyl (C=O) groups is 2. The van der Waals surface area contributed by atoms with Crippen LogP contribution in [0.1, 0.15) is 26.3 Å². The molecule has 6 nitrogen and oxygen atoms in total. The molecular formula is C21H17N3O3. The largest absolute Gasteiger partial charge is 0.506 e. The molecule has 0 fully saturated rings. The number of hydrogen-bond donors (Lipinski definition) is 3. The van der Waals surface area contributed by atoms with Gasteiger partial charge in [-0.1, -0.05) is 42.5 Å². The third kappa shape index (κ3) is 4.79. The Hall–Kier alpha value is -3.93. The number of nitrogens with zero attached hydrogens (tertiary/aromatic N) is 1. The molecule has 0 bridgehead atoms. The van der Waals surface area contributed by atoms with Gasteiger partial charge in [0.1, 0.15) is 5.75 Å². The van der Waals surface area contributed by atoms with Gasteiger partial charge in [0, 0.05) is 11.1 Å². The molecule has 0 saturated carbocycles. The highest BCUT2D eigenvalue weighted by atomic mass is 16.3. The Morgan fingerprint density at radius 3 is 2.04 bits per heavy atom. The number of amides is 2. The number of phenolic OH excluding ortho intramolecular Hbond substituents is 1. The maximum atomic E-state index is 12.2. The van der Waals surface area contributed by atoms with Crippen LogP contribution >= 0.6 is 0 Å². The van der Waals surface area contributed by atoms with Gasteiger partial charge in [0.2, 0.25) is 0 Å². The fourth-order valence-electron chi connectivity index (χ4n) is 2.32. The normalized spacial score (nSPS) is 10.5. The van der Waals surface area contributed by atoms with Crippen molar-refractivity contribution in [2.24, 2.45) is 5.10 Å². The SMILES string of the molecule is O=C(N/N=C/c1ccccc1)c1ccc(C(=O)Nc2ccccc2O)cc1. The number of aromatic hydroxyl groups is 1. The Morgan fingerprint density at radius 1 is 0.778 bits per heavy atom. The molecule has 3 N–H and O–H groups in total. The van der Waals surface area contributed by atoms with Gasteiger partial charge in [-0.15, -0.1) is 0 Å². The van der Waals surface area contributed by atoms with E-state index < -0.39 is 0 Å². The lowest BCUT2D eigenvalue weighted by molar-refractivity contribution is 0.0953. The lowest BCUT2D eigenvalue weighted by atomic mass is 10.1. The van der Waals surface area contributed by atoms with Crippen molar-refractivity contribution in [3.05, 3.63) is 95.6 Å². The summed E-state index contributed by atoms with van der Waals surface area (Å²) >= 11 is 0. The zero-order valence-corrected chi connectivity index (χ0v) is 14.3. The molecule has 27 heavy (non-hydrogen) atoms. The summed E-state index contributed by atoms with van der Waals surface area (Å²) in [7, 11) is 0. The fourth-order valence-corrected chi connectivity index (χ4v) is 2.32. The van der Waals surface area contributed by atoms with Crippen LogP contribution in [0.4, 0.5) is 5.69 Å². The number of rotatable bonds is 5. The number of benzene rings is 3. The van der Waals surface area contributed by atoms with Crippen LogP contribution in [0, 0.1) is 0 Å². The van der Waals surface area contributed by atoms with Crippen LogP contribution in [-0.4, -0.2) is 23.1 Å². The first-order chi connectivity index (χ1) is 13.1. The maximum Gasteiger partial charge on any atom is 0.271 e. The smallest absolute Gasteiger partial charge is 0.271 e. The number of hydrazone groups is 1. The average molecular weight is 359 g/mol. The van der Waals surface area contributed by atoms with Crippen LogP contribution in [0.2, 0.25) is 0 Å². The van der Waals surface area contributed by atoms with Gasteiger partial charge in [-0.3, -0.25) is 9.59 Å². The molecule has 0 heterocycles. The van der Waals surface area contributed by atoms with E-state index in [0.29, 0.717) is 16.8 Å². The van der Waals surface area contributed by atoms with E-state index in [2.05, 4.69) is 15.8 Å². The lowest BCUT2D eigenvalue weighted by Gasteiger charge is -2.07. The minimum Gasteiger partial charge on any atom is -0.506 e. The molecule has 0 aromatic heterocycles. The number of nitrogens with one attached hydrogen (secondary N) is 2. The van der Waals surface area contributed by atoms with Crippen molar-refractivity contribution in [1.29, 1.82) is 0 Å². The molecule has 0 aliphatic carbocycles. The Balaban J connectivity index is 1.61. The first-order valence-corrected chi connectivity index (χ1v) is 8.21. The summed E-state index contributed by atoms with van der Waals surface area (Å²) in [6.45, 7) is 0. The Labute approximate surface area is 156 Å². The van der Waals surface area contributed by atoms with Crippen molar-refractivity contribution >= 4 is 23.7 Å². The van der Waals surface area contributed by atoms with Gasteiger partial charge < -0.3 is 10.4 Å². The van der Waals surface area contributed by atoms with Gasteiger partial charge in [0.15, 0.2) is 0 Å². The van der Waals surface area contributed by atoms with Crippen molar-refractivity contribution in [2.75, 3.05) is 5.32 Å². The van der Waals surface area contributed by atoms with Crippen LogP contribution in [0.3, 0.4) is 0 Å². The van der Waals surface area contributed by atoms with Crippen LogP contribution < -0.4 is 10.7 Å². The quantitative estimate of drug-likeness (QED) is 0.370. The minimum absolute atomic E-state index is 0.0156. The molecule has 3 rings (SSSR count). The number of hydrogen-bond acceptors (Lipinski definition) is 4. The Kier molecular flexibility index (Phi) is 5.59. The van der Waals surface area contributed by atoms with Gasteiger partial charge in [-0.25, -0.2) is 5.43 Å². The first-order valence-electron chi connectivity index (χ1n) is 8.21. The maximum absolute atomic E-state index is 12.2. The molecular weight excluding hydrogens is 342 g/mol. The van der Waals surface area contributed by atoms with E-state index in [9.17, 15) is 14.7 Å². The molecule has 0 aliphatic rings. The van der Waals surface area contributed by atoms with Gasteiger partial charge >= 0.3 is 0 Å². The standard InChI is InChI=1S/C21H17N3O3/c25-19-9-5-4-8-18(19)23-20(26)16-10-12-17(13-11-16)21(27)24-22-14-15-6-2-1-3-7-15/h1-14,25H,(H,23,26)(H,24,27)/b22-14+. The van der Waals surface area contributed by atoms with Crippen molar-refractivity contribution in [3.8, 4) is 5.75 Å². The Morgan fingerprint density at radius 2 is 1.37 bits per heavy atom. The summed E-state index contributed by atoms with van der Waals surface area (Å²) < 4.78 is 0. The lowest BCUT2D eigenvalue weighted by Crippen LogP contribution is -2.18. The van der Waals surface area contributed by atoms with Crippen molar-refractivity contribution in [1.82, 2.24) is 5.43 Å². The molecule has 3 aromatic rings. The fraction of sp³-hybridized carbons (Fsp3) is 0. The van der Waals surface area contributed by atoms with E-state index in [-0.39, 0.29) is 17.6 Å². The Bertz CT molecular complexity index is 967. The molecule has 0 spiro atoms. The van der Waals surface area contributed by atoms with Crippen molar-refractivity contribution in [2.45, 2.75) is 0 Å². The van der Waals surface area contributed by atoms with Crippen LogP contribution in [0.25, 0.3) is 0 Å². The third-order valence-corrected chi connectivity index (χ3v) is 3.74. The summed E-state index contributed by atoms with van der Waals surface area (Å²) in [6.07, 6.45) is 1.55. The number of para-hydroxylation sites is 2. The molecule has 134 valence electrons. The molecule has 0 radical (unpaired) electrons. The molecule has 0 atom stereocenters. The molecule has 0 unspecified atom stereocenters. The third-order valence-electron chi connectivity index (χ3n) is 3.74. The van der Waals surface area contributed by atoms with E-state index >= 15 is 0 Å². The van der Waals surface area contributed by atoms with Crippen molar-refractivity contribution in [3.63, 3.8) is 0 Å². The highest BCUT2D eigenvalue weighted by molar-refractivity contribution is 6.05. The summed E-state index contributed by atoms with van der Waals surface area (Å²) in [5.74, 6) is -0.779. The summed E-state index contributed by atoms with van der Waals surface area (Å²) in [5.41, 5.74) is 4.37. The minimum atomic E-state index is -0.384. The van der Waals surface area contributed by atoms with Gasteiger partial charge in [-0.05, 0) is 42.0 Å². The number of phenols is 1. The van der Waals surface area contributed by atoms with E-state index in [4.69, 9.17) is 0 Å². The van der Waals surface area contributed by atoms with Crippen molar-refractivity contribution < 1.29 is 14.7 Å². The second-order valence-electron chi connectivity index (χ2n) is 5.66. The predicted molar refractivity (Wildman–Crippen MR) is 104 cm³/mol. The zero-order chi connectivity index (χ0) is 19.1. The summed E-state index contributed by atoms with van der Waals surface area (Å²) in [5, 5.41) is 16.2. The van der Waals surface area contributed by atoms with E-state index in [1.54, 1.807) is 24.4 Å². The molecule has 0 aliphatic heterocycles. The highest BCUT2D eigenvalue weighted by Crippen LogP contribution is 2.22. The topological polar surface area (TPSA) is 90.8 Å². The van der Waals surface area contributed by atoms with Gasteiger partial charge in [0.25, 0.3) is 11.8 Å². The number of carbonyl (C=O) groups excluding carboxylic acids is 2. The van der Waals surface area contributed by atoms with E-state index in [0.717, 1.165) is 5.56 Å². The van der Waals surface area contributed by atoms with Gasteiger partial charge in [0.05, 0.1) is 11.9 Å². The second-order valence-corrected chi connectivity index (χ2v) is 5.66. The molecule has 6 heteroatoms. The zero-order valence-electron chi connectivity index (χ0n) is 14.3. The summed E-state index contributed by atoms with van der Waals surface area (Å²) in [4.78, 5) is 24.3.